The smallest absolute Gasteiger partial charge is 0.221 e. The minimum Gasteiger partial charge on any atom is -0.490 e. The van der Waals surface area contributed by atoms with Gasteiger partial charge in [0.05, 0.1) is 19.3 Å². The van der Waals surface area contributed by atoms with Crippen LogP contribution in [0.25, 0.3) is 0 Å². The van der Waals surface area contributed by atoms with E-state index in [1.165, 1.54) is 5.56 Å². The van der Waals surface area contributed by atoms with Gasteiger partial charge < -0.3 is 14.8 Å². The Hall–Kier alpha value is -2.49. The van der Waals surface area contributed by atoms with Crippen LogP contribution in [-0.2, 0) is 4.79 Å². The van der Waals surface area contributed by atoms with Crippen LogP contribution < -0.4 is 14.8 Å². The molecule has 0 radical (unpaired) electrons. The predicted molar refractivity (Wildman–Crippen MR) is 105 cm³/mol. The van der Waals surface area contributed by atoms with E-state index in [2.05, 4.69) is 24.4 Å². The highest BCUT2D eigenvalue weighted by molar-refractivity contribution is 5.77. The van der Waals surface area contributed by atoms with Gasteiger partial charge in [-0.2, -0.15) is 0 Å². The van der Waals surface area contributed by atoms with Crippen molar-refractivity contribution in [3.63, 3.8) is 0 Å². The Balaban J connectivity index is 2.00. The molecule has 1 amide bonds. The lowest BCUT2D eigenvalue weighted by Crippen LogP contribution is -2.27. The Labute approximate surface area is 156 Å². The van der Waals surface area contributed by atoms with Crippen molar-refractivity contribution >= 4 is 5.91 Å². The number of carbonyl (C=O) groups is 1. The first-order valence-corrected chi connectivity index (χ1v) is 9.29. The summed E-state index contributed by atoms with van der Waals surface area (Å²) < 4.78 is 11.3. The van der Waals surface area contributed by atoms with Gasteiger partial charge in [-0.1, -0.05) is 43.3 Å². The predicted octanol–water partition coefficient (Wildman–Crippen LogP) is 4.86. The number of amides is 1. The van der Waals surface area contributed by atoms with Gasteiger partial charge >= 0.3 is 0 Å². The molecule has 0 aliphatic carbocycles. The molecule has 2 atom stereocenters. The summed E-state index contributed by atoms with van der Waals surface area (Å²) in [6.07, 6.45) is 0.462. The van der Waals surface area contributed by atoms with Gasteiger partial charge in [-0.25, -0.2) is 0 Å². The second kappa shape index (κ2) is 9.85. The maximum atomic E-state index is 12.4. The molecule has 0 spiro atoms. The van der Waals surface area contributed by atoms with Crippen LogP contribution in [0.15, 0.2) is 48.5 Å². The lowest BCUT2D eigenvalue weighted by Gasteiger charge is -2.19. The van der Waals surface area contributed by atoms with Gasteiger partial charge in [-0.05, 0) is 49.9 Å². The van der Waals surface area contributed by atoms with Crippen molar-refractivity contribution in [1.82, 2.24) is 5.32 Å². The second-order valence-corrected chi connectivity index (χ2v) is 6.38. The van der Waals surface area contributed by atoms with E-state index in [0.29, 0.717) is 25.4 Å². The molecule has 0 aliphatic heterocycles. The molecule has 0 saturated heterocycles. The Bertz CT molecular complexity index is 700. The number of nitrogens with one attached hydrogen (secondary N) is 1. The molecule has 0 unspecified atom stereocenters. The van der Waals surface area contributed by atoms with E-state index < -0.39 is 0 Å². The fourth-order valence-electron chi connectivity index (χ4n) is 2.90. The van der Waals surface area contributed by atoms with Crippen LogP contribution in [0.3, 0.4) is 0 Å². The Morgan fingerprint density at radius 1 is 0.923 bits per heavy atom. The standard InChI is InChI=1S/C22H29NO3/c1-5-25-20-13-12-19(15-21(20)26-6-2)17(4)23-22(24)14-16(3)18-10-8-7-9-11-18/h7-13,15-17H,5-6,14H2,1-4H3,(H,23,24)/t16-,17+/m1/s1. The lowest BCUT2D eigenvalue weighted by molar-refractivity contribution is -0.122. The fraction of sp³-hybridized carbons (Fsp3) is 0.409. The number of carbonyl (C=O) groups excluding carboxylic acids is 1. The van der Waals surface area contributed by atoms with E-state index in [1.54, 1.807) is 0 Å². The minimum atomic E-state index is -0.0969. The SMILES string of the molecule is CCOc1ccc([C@H](C)NC(=O)C[C@@H](C)c2ccccc2)cc1OCC. The highest BCUT2D eigenvalue weighted by atomic mass is 16.5. The molecule has 26 heavy (non-hydrogen) atoms. The summed E-state index contributed by atoms with van der Waals surface area (Å²) >= 11 is 0. The van der Waals surface area contributed by atoms with Gasteiger partial charge in [-0.3, -0.25) is 4.79 Å². The third-order valence-corrected chi connectivity index (χ3v) is 4.31. The molecular weight excluding hydrogens is 326 g/mol. The van der Waals surface area contributed by atoms with Gasteiger partial charge in [0.1, 0.15) is 0 Å². The average Bonchev–Trinajstić information content (AvgIpc) is 2.64. The van der Waals surface area contributed by atoms with Gasteiger partial charge in [0.2, 0.25) is 5.91 Å². The van der Waals surface area contributed by atoms with E-state index in [0.717, 1.165) is 11.3 Å². The van der Waals surface area contributed by atoms with Gasteiger partial charge in [-0.15, -0.1) is 0 Å². The number of ether oxygens (including phenoxy) is 2. The largest absolute Gasteiger partial charge is 0.490 e. The molecular formula is C22H29NO3. The van der Waals surface area contributed by atoms with Crippen molar-refractivity contribution in [2.45, 2.75) is 46.1 Å². The fourth-order valence-corrected chi connectivity index (χ4v) is 2.90. The van der Waals surface area contributed by atoms with Crippen molar-refractivity contribution in [1.29, 1.82) is 0 Å². The first-order valence-electron chi connectivity index (χ1n) is 9.29. The van der Waals surface area contributed by atoms with E-state index in [1.807, 2.05) is 57.2 Å². The monoisotopic (exact) mass is 355 g/mol. The molecule has 0 aliphatic rings. The highest BCUT2D eigenvalue weighted by Crippen LogP contribution is 2.31. The minimum absolute atomic E-state index is 0.0423. The summed E-state index contributed by atoms with van der Waals surface area (Å²) in [5, 5.41) is 3.08. The van der Waals surface area contributed by atoms with Crippen molar-refractivity contribution in [2.75, 3.05) is 13.2 Å². The van der Waals surface area contributed by atoms with Gasteiger partial charge in [0, 0.05) is 6.42 Å². The number of benzene rings is 2. The number of rotatable bonds is 9. The highest BCUT2D eigenvalue weighted by Gasteiger charge is 2.16. The van der Waals surface area contributed by atoms with Crippen LogP contribution in [0.2, 0.25) is 0 Å². The molecule has 0 fully saturated rings. The summed E-state index contributed by atoms with van der Waals surface area (Å²) in [4.78, 5) is 12.4. The molecule has 140 valence electrons. The molecule has 0 aromatic heterocycles. The van der Waals surface area contributed by atoms with Crippen molar-refractivity contribution in [3.8, 4) is 11.5 Å². The third-order valence-electron chi connectivity index (χ3n) is 4.31. The van der Waals surface area contributed by atoms with Crippen LogP contribution in [0, 0.1) is 0 Å². The van der Waals surface area contributed by atoms with E-state index in [-0.39, 0.29) is 17.9 Å². The van der Waals surface area contributed by atoms with Crippen LogP contribution in [0.1, 0.15) is 57.2 Å². The van der Waals surface area contributed by atoms with Crippen molar-refractivity contribution in [2.24, 2.45) is 0 Å². The summed E-state index contributed by atoms with van der Waals surface area (Å²) in [6.45, 7) is 9.10. The van der Waals surface area contributed by atoms with Crippen LogP contribution in [0.5, 0.6) is 11.5 Å². The molecule has 0 bridgehead atoms. The lowest BCUT2D eigenvalue weighted by atomic mass is 9.97. The van der Waals surface area contributed by atoms with E-state index in [4.69, 9.17) is 9.47 Å². The zero-order chi connectivity index (χ0) is 18.9. The quantitative estimate of drug-likeness (QED) is 0.699. The van der Waals surface area contributed by atoms with Crippen LogP contribution >= 0.6 is 0 Å². The molecule has 2 aromatic rings. The summed E-state index contributed by atoms with van der Waals surface area (Å²) in [7, 11) is 0. The van der Waals surface area contributed by atoms with Crippen molar-refractivity contribution in [3.05, 3.63) is 59.7 Å². The molecule has 2 rings (SSSR count). The van der Waals surface area contributed by atoms with E-state index >= 15 is 0 Å². The maximum Gasteiger partial charge on any atom is 0.221 e. The van der Waals surface area contributed by atoms with Crippen LogP contribution in [0.4, 0.5) is 0 Å². The van der Waals surface area contributed by atoms with Gasteiger partial charge in [0.25, 0.3) is 0 Å². The Morgan fingerprint density at radius 3 is 2.23 bits per heavy atom. The zero-order valence-electron chi connectivity index (χ0n) is 16.1. The molecule has 4 heteroatoms. The average molecular weight is 355 g/mol. The van der Waals surface area contributed by atoms with Crippen molar-refractivity contribution < 1.29 is 14.3 Å². The first-order chi connectivity index (χ1) is 12.5. The molecule has 0 heterocycles. The normalized spacial score (nSPS) is 12.9. The zero-order valence-corrected chi connectivity index (χ0v) is 16.1. The first kappa shape index (κ1) is 19.8. The molecule has 2 aromatic carbocycles. The molecule has 0 saturated carbocycles. The number of hydrogen-bond donors (Lipinski definition) is 1. The second-order valence-electron chi connectivity index (χ2n) is 6.38. The number of hydrogen-bond acceptors (Lipinski definition) is 3. The summed E-state index contributed by atoms with van der Waals surface area (Å²) in [6, 6.07) is 15.8. The van der Waals surface area contributed by atoms with Crippen LogP contribution in [-0.4, -0.2) is 19.1 Å². The Kier molecular flexibility index (Phi) is 7.52. The topological polar surface area (TPSA) is 47.6 Å². The molecule has 4 nitrogen and oxygen atoms in total. The summed E-state index contributed by atoms with van der Waals surface area (Å²) in [5.41, 5.74) is 2.17. The maximum absolute atomic E-state index is 12.4. The Morgan fingerprint density at radius 2 is 1.58 bits per heavy atom. The van der Waals surface area contributed by atoms with E-state index in [9.17, 15) is 4.79 Å². The summed E-state index contributed by atoms with van der Waals surface area (Å²) in [5.74, 6) is 1.67. The third kappa shape index (κ3) is 5.51. The van der Waals surface area contributed by atoms with Gasteiger partial charge in [0.15, 0.2) is 11.5 Å². The molecule has 1 N–H and O–H groups in total.